The van der Waals surface area contributed by atoms with E-state index in [2.05, 4.69) is 22.5 Å². The van der Waals surface area contributed by atoms with E-state index >= 15 is 0 Å². The molecule has 4 rings (SSSR count). The van der Waals surface area contributed by atoms with Crippen molar-refractivity contribution in [3.8, 4) is 0 Å². The molecule has 0 aromatic carbocycles. The van der Waals surface area contributed by atoms with Gasteiger partial charge < -0.3 is 5.32 Å². The molecule has 3 heterocycles. The number of hydrogen-bond acceptors (Lipinski definition) is 4. The lowest BCUT2D eigenvalue weighted by atomic mass is 10.00. The zero-order chi connectivity index (χ0) is 14.9. The van der Waals surface area contributed by atoms with Gasteiger partial charge in [-0.25, -0.2) is 0 Å². The van der Waals surface area contributed by atoms with Gasteiger partial charge in [0.1, 0.15) is 0 Å². The summed E-state index contributed by atoms with van der Waals surface area (Å²) in [6, 6.07) is 4.57. The highest BCUT2D eigenvalue weighted by atomic mass is 32.2. The van der Waals surface area contributed by atoms with Crippen molar-refractivity contribution >= 4 is 23.6 Å². The summed E-state index contributed by atoms with van der Waals surface area (Å²) in [5.41, 5.74) is 4.07. The molecule has 4 heteroatoms. The molecule has 2 atom stereocenters. The fraction of sp³-hybridized carbons (Fsp3) is 0.333. The third kappa shape index (κ3) is 2.94. The molecule has 1 aromatic rings. The van der Waals surface area contributed by atoms with Crippen LogP contribution in [-0.2, 0) is 4.79 Å². The third-order valence-electron chi connectivity index (χ3n) is 4.32. The Morgan fingerprint density at radius 2 is 2.14 bits per heavy atom. The first kappa shape index (κ1) is 14.0. The summed E-state index contributed by atoms with van der Waals surface area (Å²) >= 11 is 1.81. The Morgan fingerprint density at radius 3 is 2.91 bits per heavy atom. The number of rotatable bonds is 2. The number of carbonyl (C=O) groups is 1. The van der Waals surface area contributed by atoms with E-state index in [0.29, 0.717) is 12.0 Å². The Kier molecular flexibility index (Phi) is 3.72. The zero-order valence-electron chi connectivity index (χ0n) is 12.3. The number of aromatic nitrogens is 1. The van der Waals surface area contributed by atoms with Crippen LogP contribution in [0.4, 0.5) is 0 Å². The monoisotopic (exact) mass is 310 g/mol. The van der Waals surface area contributed by atoms with Gasteiger partial charge in [-0.3, -0.25) is 9.78 Å². The summed E-state index contributed by atoms with van der Waals surface area (Å²) in [5, 5.41) is 3.51. The van der Waals surface area contributed by atoms with E-state index in [1.807, 2.05) is 30.0 Å². The minimum absolute atomic E-state index is 0.196. The zero-order valence-corrected chi connectivity index (χ0v) is 13.1. The minimum Gasteiger partial charge on any atom is -0.309 e. The molecule has 1 saturated heterocycles. The van der Waals surface area contributed by atoms with E-state index < -0.39 is 0 Å². The molecule has 22 heavy (non-hydrogen) atoms. The molecule has 1 aliphatic carbocycles. The minimum atomic E-state index is 0.196. The number of nitrogens with zero attached hydrogens (tertiary/aromatic N) is 1. The second-order valence-electron chi connectivity index (χ2n) is 6.08. The fourth-order valence-corrected chi connectivity index (χ4v) is 4.00. The van der Waals surface area contributed by atoms with Gasteiger partial charge in [-0.1, -0.05) is 18.2 Å². The molecule has 1 N–H and O–H groups in total. The van der Waals surface area contributed by atoms with Crippen molar-refractivity contribution in [2.24, 2.45) is 5.92 Å². The quantitative estimate of drug-likeness (QED) is 0.853. The van der Waals surface area contributed by atoms with Gasteiger partial charge in [0.05, 0.1) is 0 Å². The van der Waals surface area contributed by atoms with E-state index in [1.165, 1.54) is 12.0 Å². The highest BCUT2D eigenvalue weighted by Crippen LogP contribution is 2.36. The number of thioether (sulfide) groups is 1. The van der Waals surface area contributed by atoms with Crippen molar-refractivity contribution in [2.45, 2.75) is 12.5 Å². The number of fused-ring (bicyclic) bond motifs is 1. The molecule has 0 spiro atoms. The molecule has 1 saturated carbocycles. The van der Waals surface area contributed by atoms with Crippen LogP contribution in [0.1, 0.15) is 12.0 Å². The third-order valence-corrected chi connectivity index (χ3v) is 5.35. The van der Waals surface area contributed by atoms with Crippen LogP contribution in [0.3, 0.4) is 0 Å². The Balaban J connectivity index is 1.57. The van der Waals surface area contributed by atoms with Crippen LogP contribution in [0.25, 0.3) is 6.08 Å². The Labute approximate surface area is 134 Å². The molecular weight excluding hydrogens is 292 g/mol. The van der Waals surface area contributed by atoms with Crippen LogP contribution in [0, 0.1) is 5.92 Å². The number of pyridine rings is 1. The van der Waals surface area contributed by atoms with Crippen LogP contribution in [0.5, 0.6) is 0 Å². The van der Waals surface area contributed by atoms with E-state index in [9.17, 15) is 4.79 Å². The predicted octanol–water partition coefficient (Wildman–Crippen LogP) is 2.63. The first-order valence-electron chi connectivity index (χ1n) is 7.67. The molecule has 1 aromatic heterocycles. The van der Waals surface area contributed by atoms with Gasteiger partial charge in [0.25, 0.3) is 0 Å². The van der Waals surface area contributed by atoms with E-state index in [0.717, 1.165) is 34.8 Å². The van der Waals surface area contributed by atoms with Crippen molar-refractivity contribution in [1.29, 1.82) is 0 Å². The number of carbonyl (C=O) groups excluding carboxylic acids is 1. The van der Waals surface area contributed by atoms with Crippen molar-refractivity contribution in [3.63, 3.8) is 0 Å². The summed E-state index contributed by atoms with van der Waals surface area (Å²) in [4.78, 5) is 16.8. The average Bonchev–Trinajstić information content (AvgIpc) is 3.31. The van der Waals surface area contributed by atoms with E-state index in [1.54, 1.807) is 12.4 Å². The van der Waals surface area contributed by atoms with Crippen molar-refractivity contribution in [3.05, 3.63) is 59.0 Å². The first-order valence-corrected chi connectivity index (χ1v) is 8.83. The maximum absolute atomic E-state index is 12.7. The van der Waals surface area contributed by atoms with Gasteiger partial charge in [0.2, 0.25) is 0 Å². The molecule has 112 valence electrons. The molecule has 0 amide bonds. The summed E-state index contributed by atoms with van der Waals surface area (Å²) in [6.45, 7) is 0.893. The predicted molar refractivity (Wildman–Crippen MR) is 90.6 cm³/mol. The lowest BCUT2D eigenvalue weighted by Gasteiger charge is -2.18. The molecule has 0 bridgehead atoms. The lowest BCUT2D eigenvalue weighted by molar-refractivity contribution is -0.112. The number of nitrogens with one attached hydrogen (secondary N) is 1. The number of hydrogen-bond donors (Lipinski definition) is 1. The SMILES string of the molecule is O=C1/C(=C/C2=CC3CC3NC2)CSC/C1=C\c1cccnc1. The fourth-order valence-electron chi connectivity index (χ4n) is 3.02. The molecule has 2 unspecified atom stereocenters. The van der Waals surface area contributed by atoms with Crippen molar-refractivity contribution in [1.82, 2.24) is 10.3 Å². The molecule has 3 nitrogen and oxygen atoms in total. The van der Waals surface area contributed by atoms with Gasteiger partial charge in [0, 0.05) is 47.6 Å². The summed E-state index contributed by atoms with van der Waals surface area (Å²) in [7, 11) is 0. The number of Topliss-reactive ketones (excluding diaryl/α,β-unsaturated/α-hetero) is 1. The molecule has 2 fully saturated rings. The molecular formula is C18H18N2OS. The normalized spacial score (nSPS) is 31.1. The van der Waals surface area contributed by atoms with Crippen LogP contribution in [0.2, 0.25) is 0 Å². The van der Waals surface area contributed by atoms with Gasteiger partial charge >= 0.3 is 0 Å². The highest BCUT2D eigenvalue weighted by molar-refractivity contribution is 7.99. The maximum atomic E-state index is 12.7. The van der Waals surface area contributed by atoms with Crippen LogP contribution < -0.4 is 5.32 Å². The lowest BCUT2D eigenvalue weighted by Crippen LogP contribution is -2.24. The second kappa shape index (κ2) is 5.86. The highest BCUT2D eigenvalue weighted by Gasteiger charge is 2.37. The van der Waals surface area contributed by atoms with Crippen LogP contribution in [0.15, 0.2) is 53.4 Å². The molecule has 3 aliphatic rings. The Bertz CT molecular complexity index is 690. The van der Waals surface area contributed by atoms with Crippen molar-refractivity contribution < 1.29 is 4.79 Å². The van der Waals surface area contributed by atoms with Gasteiger partial charge in [-0.2, -0.15) is 11.8 Å². The van der Waals surface area contributed by atoms with E-state index in [4.69, 9.17) is 0 Å². The smallest absolute Gasteiger partial charge is 0.186 e. The van der Waals surface area contributed by atoms with Crippen LogP contribution in [-0.4, -0.2) is 34.9 Å². The van der Waals surface area contributed by atoms with Crippen LogP contribution >= 0.6 is 11.8 Å². The number of ketones is 1. The maximum Gasteiger partial charge on any atom is 0.186 e. The second-order valence-corrected chi connectivity index (χ2v) is 7.06. The van der Waals surface area contributed by atoms with Gasteiger partial charge in [-0.15, -0.1) is 0 Å². The molecule has 0 radical (unpaired) electrons. The Hall–Kier alpha value is -1.65. The first-order chi connectivity index (χ1) is 10.8. The van der Waals surface area contributed by atoms with Crippen molar-refractivity contribution in [2.75, 3.05) is 18.1 Å². The summed E-state index contributed by atoms with van der Waals surface area (Å²) in [5.74, 6) is 2.49. The largest absolute Gasteiger partial charge is 0.309 e. The average molecular weight is 310 g/mol. The topological polar surface area (TPSA) is 42.0 Å². The standard InChI is InChI=1S/C18H18N2OS/c21-18-15(4-12-2-1-3-19-8-12)10-22-11-16(18)6-13-5-14-7-17(14)20-9-13/h1-6,8,14,17,20H,7,9-11H2/b15-4+,16-6+. The molecule has 2 aliphatic heterocycles. The van der Waals surface area contributed by atoms with E-state index in [-0.39, 0.29) is 5.78 Å². The Morgan fingerprint density at radius 1 is 1.27 bits per heavy atom. The summed E-state index contributed by atoms with van der Waals surface area (Å²) in [6.07, 6.45) is 11.2. The van der Waals surface area contributed by atoms with Gasteiger partial charge in [-0.05, 0) is 35.6 Å². The summed E-state index contributed by atoms with van der Waals surface area (Å²) < 4.78 is 0. The van der Waals surface area contributed by atoms with Gasteiger partial charge in [0.15, 0.2) is 5.78 Å².